The molecule has 0 bridgehead atoms. The number of guanidine groups is 1. The van der Waals surface area contributed by atoms with Crippen LogP contribution in [0, 0.1) is 10.1 Å². The fourth-order valence-electron chi connectivity index (χ4n) is 1.98. The Morgan fingerprint density at radius 1 is 1.28 bits per heavy atom. The molecule has 0 aliphatic rings. The number of unbranched alkanes of at least 4 members (excludes halogenated alkanes) is 1. The molecule has 1 unspecified atom stereocenters. The molecule has 0 saturated carbocycles. The van der Waals surface area contributed by atoms with Gasteiger partial charge in [-0.15, -0.1) is 10.1 Å². The minimum Gasteiger partial charge on any atom is -0.434 e. The molecule has 3 N–H and O–H groups in total. The minimum absolute atomic E-state index is 0.0127. The third kappa shape index (κ3) is 10.4. The summed E-state index contributed by atoms with van der Waals surface area (Å²) in [5, 5.41) is 12.1. The summed E-state index contributed by atoms with van der Waals surface area (Å²) in [6.07, 6.45) is -1.46. The molecule has 11 nitrogen and oxygen atoms in total. The van der Waals surface area contributed by atoms with Gasteiger partial charge in [0.2, 0.25) is 5.91 Å². The Bertz CT molecular complexity index is 741. The van der Waals surface area contributed by atoms with Gasteiger partial charge in [0.25, 0.3) is 5.09 Å². The van der Waals surface area contributed by atoms with Crippen molar-refractivity contribution in [3.05, 3.63) is 43.9 Å². The molecule has 1 aromatic carbocycles. The molecule has 13 heteroatoms. The molecule has 0 aliphatic heterocycles. The molecular weight excluding hydrogens is 431 g/mol. The quantitative estimate of drug-likeness (QED) is 0.137. The normalized spacial score (nSPS) is 12.0. The lowest BCUT2D eigenvalue weighted by Gasteiger charge is -2.11. The Balaban J connectivity index is 2.35. The fourth-order valence-corrected chi connectivity index (χ4v) is 2.51. The predicted octanol–water partition coefficient (Wildman–Crippen LogP) is 2.45. The van der Waals surface area contributed by atoms with Gasteiger partial charge in [-0.3, -0.25) is 10.1 Å². The average Bonchev–Trinajstić information content (AvgIpc) is 2.60. The number of benzene rings is 1. The fraction of sp³-hybridized carbons (Fsp3) is 0.438. The minimum atomic E-state index is -1.02. The van der Waals surface area contributed by atoms with Gasteiger partial charge in [0.05, 0.1) is 19.6 Å². The molecule has 0 aliphatic carbocycles. The number of nitrogens with two attached hydrogens (primary N) is 1. The molecule has 0 spiro atoms. The molecule has 1 aromatic rings. The second-order valence-corrected chi connectivity index (χ2v) is 6.33. The van der Waals surface area contributed by atoms with Crippen molar-refractivity contribution in [1.29, 1.82) is 0 Å². The molecule has 160 valence electrons. The maximum atomic E-state index is 12.0. The number of halogens is 2. The van der Waals surface area contributed by atoms with E-state index in [2.05, 4.69) is 15.1 Å². The van der Waals surface area contributed by atoms with Gasteiger partial charge in [0, 0.05) is 10.0 Å². The first-order valence-corrected chi connectivity index (χ1v) is 9.11. The van der Waals surface area contributed by atoms with Crippen molar-refractivity contribution in [2.24, 2.45) is 10.7 Å². The molecular formula is C16H20Cl2N4O7. The van der Waals surface area contributed by atoms with Crippen LogP contribution in [0.5, 0.6) is 0 Å². The van der Waals surface area contributed by atoms with E-state index in [0.717, 1.165) is 0 Å². The van der Waals surface area contributed by atoms with Crippen molar-refractivity contribution in [2.45, 2.75) is 32.4 Å². The highest BCUT2D eigenvalue weighted by atomic mass is 35.5. The maximum Gasteiger partial charge on any atom is 0.510 e. The van der Waals surface area contributed by atoms with Crippen LogP contribution >= 0.6 is 23.2 Å². The number of carbonyl (C=O) groups excluding carboxylic acids is 2. The Morgan fingerprint density at radius 3 is 2.52 bits per heavy atom. The second kappa shape index (κ2) is 12.6. The second-order valence-electron chi connectivity index (χ2n) is 5.52. The molecule has 1 rings (SSSR count). The van der Waals surface area contributed by atoms with Crippen molar-refractivity contribution in [3.63, 3.8) is 0 Å². The van der Waals surface area contributed by atoms with Crippen molar-refractivity contribution >= 4 is 41.2 Å². The van der Waals surface area contributed by atoms with E-state index in [9.17, 15) is 19.7 Å². The van der Waals surface area contributed by atoms with E-state index in [4.69, 9.17) is 38.4 Å². The Labute approximate surface area is 176 Å². The lowest BCUT2D eigenvalue weighted by molar-refractivity contribution is -0.757. The van der Waals surface area contributed by atoms with Crippen LogP contribution in [0.2, 0.25) is 10.0 Å². The van der Waals surface area contributed by atoms with Crippen LogP contribution in [0.4, 0.5) is 4.79 Å². The smallest absolute Gasteiger partial charge is 0.434 e. The van der Waals surface area contributed by atoms with E-state index in [1.807, 2.05) is 0 Å². The SMILES string of the molecule is CC(N=C(N)NC(=O)Cc1c(Cl)cccc1Cl)OC(=O)OCCCCO[N+](=O)[O-]. The Kier molecular flexibility index (Phi) is 10.6. The zero-order chi connectivity index (χ0) is 21.8. The van der Waals surface area contributed by atoms with Gasteiger partial charge in [0.1, 0.15) is 0 Å². The first-order valence-electron chi connectivity index (χ1n) is 8.35. The van der Waals surface area contributed by atoms with E-state index >= 15 is 0 Å². The van der Waals surface area contributed by atoms with Gasteiger partial charge in [-0.25, -0.2) is 9.79 Å². The van der Waals surface area contributed by atoms with Gasteiger partial charge < -0.3 is 20.0 Å². The van der Waals surface area contributed by atoms with Crippen LogP contribution in [-0.2, 0) is 25.5 Å². The van der Waals surface area contributed by atoms with Crippen LogP contribution in [0.1, 0.15) is 25.3 Å². The summed E-state index contributed by atoms with van der Waals surface area (Å²) in [4.78, 5) is 41.4. The summed E-state index contributed by atoms with van der Waals surface area (Å²) >= 11 is 12.0. The van der Waals surface area contributed by atoms with E-state index in [1.54, 1.807) is 18.2 Å². The highest BCUT2D eigenvalue weighted by Crippen LogP contribution is 2.24. The van der Waals surface area contributed by atoms with Crippen molar-refractivity contribution in [3.8, 4) is 0 Å². The number of carbonyl (C=O) groups is 2. The lowest BCUT2D eigenvalue weighted by Crippen LogP contribution is -2.39. The van der Waals surface area contributed by atoms with E-state index in [0.29, 0.717) is 28.5 Å². The van der Waals surface area contributed by atoms with E-state index in [-0.39, 0.29) is 25.6 Å². The number of amides is 1. The summed E-state index contributed by atoms with van der Waals surface area (Å²) in [7, 11) is 0. The molecule has 0 aromatic heterocycles. The van der Waals surface area contributed by atoms with Crippen molar-refractivity contribution < 1.29 is 29.0 Å². The number of nitrogens with one attached hydrogen (secondary N) is 1. The standard InChI is InChI=1S/C16H20Cl2N4O7/c1-10(29-16(24)27-7-2-3-8-28-22(25)26)20-15(19)21-14(23)9-11-12(17)5-4-6-13(11)18/h4-6,10H,2-3,7-9H2,1H3,(H3,19,20,21,23). The topological polar surface area (TPSA) is 155 Å². The molecule has 1 amide bonds. The van der Waals surface area contributed by atoms with Gasteiger partial charge in [-0.2, -0.15) is 0 Å². The molecule has 0 radical (unpaired) electrons. The van der Waals surface area contributed by atoms with Crippen molar-refractivity contribution in [1.82, 2.24) is 5.32 Å². The molecule has 29 heavy (non-hydrogen) atoms. The highest BCUT2D eigenvalue weighted by Gasteiger charge is 2.13. The Morgan fingerprint density at radius 2 is 1.90 bits per heavy atom. The Hall–Kier alpha value is -2.79. The number of nitrogens with zero attached hydrogens (tertiary/aromatic N) is 2. The number of aliphatic imine (C=N–C) groups is 1. The largest absolute Gasteiger partial charge is 0.510 e. The number of hydrogen-bond acceptors (Lipinski definition) is 8. The first kappa shape index (κ1) is 24.2. The van der Waals surface area contributed by atoms with Crippen LogP contribution in [0.15, 0.2) is 23.2 Å². The molecule has 0 saturated heterocycles. The van der Waals surface area contributed by atoms with Crippen molar-refractivity contribution in [2.75, 3.05) is 13.2 Å². The highest BCUT2D eigenvalue weighted by molar-refractivity contribution is 6.36. The lowest BCUT2D eigenvalue weighted by atomic mass is 10.1. The van der Waals surface area contributed by atoms with Crippen LogP contribution in [0.3, 0.4) is 0 Å². The zero-order valence-corrected chi connectivity index (χ0v) is 16.9. The van der Waals surface area contributed by atoms with E-state index < -0.39 is 23.4 Å². The molecule has 0 heterocycles. The monoisotopic (exact) mass is 450 g/mol. The van der Waals surface area contributed by atoms with Gasteiger partial charge in [-0.1, -0.05) is 29.3 Å². The predicted molar refractivity (Wildman–Crippen MR) is 104 cm³/mol. The summed E-state index contributed by atoms with van der Waals surface area (Å²) < 4.78 is 9.62. The number of rotatable bonds is 10. The van der Waals surface area contributed by atoms with Gasteiger partial charge >= 0.3 is 6.16 Å². The van der Waals surface area contributed by atoms with Gasteiger partial charge in [-0.05, 0) is 37.5 Å². The van der Waals surface area contributed by atoms with E-state index in [1.165, 1.54) is 6.92 Å². The summed E-state index contributed by atoms with van der Waals surface area (Å²) in [6.45, 7) is 1.30. The maximum absolute atomic E-state index is 12.0. The van der Waals surface area contributed by atoms with Crippen LogP contribution < -0.4 is 11.1 Å². The summed E-state index contributed by atoms with van der Waals surface area (Å²) in [5.74, 6) is -0.775. The van der Waals surface area contributed by atoms with Gasteiger partial charge in [0.15, 0.2) is 12.2 Å². The van der Waals surface area contributed by atoms with Crippen LogP contribution in [-0.4, -0.2) is 42.6 Å². The number of hydrogen-bond donors (Lipinski definition) is 2. The third-order valence-corrected chi connectivity index (χ3v) is 3.92. The third-order valence-electron chi connectivity index (χ3n) is 3.21. The number of ether oxygens (including phenoxy) is 2. The average molecular weight is 451 g/mol. The molecule has 1 atom stereocenters. The first-order chi connectivity index (χ1) is 13.7. The zero-order valence-electron chi connectivity index (χ0n) is 15.4. The summed E-state index contributed by atoms with van der Waals surface area (Å²) in [5.41, 5.74) is 6.05. The molecule has 0 fully saturated rings. The van der Waals surface area contributed by atoms with Crippen LogP contribution in [0.25, 0.3) is 0 Å². The summed E-state index contributed by atoms with van der Waals surface area (Å²) in [6, 6.07) is 4.86.